The fraction of sp³-hybridized carbons (Fsp3) is 0.375. The van der Waals surface area contributed by atoms with Crippen LogP contribution in [0.4, 0.5) is 0 Å². The van der Waals surface area contributed by atoms with Crippen LogP contribution in [-0.2, 0) is 4.79 Å². The van der Waals surface area contributed by atoms with Gasteiger partial charge in [-0.3, -0.25) is 4.79 Å². The number of hydrogen-bond donors (Lipinski definition) is 1. The Morgan fingerprint density at radius 3 is 2.20 bits per heavy atom. The van der Waals surface area contributed by atoms with Gasteiger partial charge in [0.25, 0.3) is 0 Å². The fourth-order valence-electron chi connectivity index (χ4n) is 0.727. The average molecular weight is 139 g/mol. The molecule has 0 fully saturated rings. The lowest BCUT2D eigenvalue weighted by Crippen LogP contribution is -2.04. The van der Waals surface area contributed by atoms with Crippen LogP contribution in [0.25, 0.3) is 0 Å². The minimum absolute atomic E-state index is 0.0277. The van der Waals surface area contributed by atoms with E-state index in [1.807, 2.05) is 0 Å². The molecular weight excluding hydrogens is 126 g/mol. The molecule has 2 N–H and O–H groups in total. The number of allylic oxidation sites excluding steroid dienone is 3. The lowest BCUT2D eigenvalue weighted by atomic mass is 10.1. The highest BCUT2D eigenvalue weighted by Gasteiger charge is 2.02. The van der Waals surface area contributed by atoms with Crippen LogP contribution in [0.1, 0.15) is 20.3 Å². The van der Waals surface area contributed by atoms with Gasteiger partial charge in [-0.15, -0.1) is 6.58 Å². The van der Waals surface area contributed by atoms with Crippen LogP contribution in [-0.4, -0.2) is 5.78 Å². The molecule has 0 aromatic heterocycles. The molecule has 0 aromatic rings. The summed E-state index contributed by atoms with van der Waals surface area (Å²) in [5.41, 5.74) is 6.69. The Morgan fingerprint density at radius 1 is 1.60 bits per heavy atom. The van der Waals surface area contributed by atoms with E-state index in [2.05, 4.69) is 6.58 Å². The molecule has 0 saturated heterocycles. The van der Waals surface area contributed by atoms with E-state index in [4.69, 9.17) is 5.73 Å². The van der Waals surface area contributed by atoms with Gasteiger partial charge >= 0.3 is 0 Å². The molecule has 0 unspecified atom stereocenters. The Balaban J connectivity index is 4.42. The maximum atomic E-state index is 10.8. The number of hydrogen-bond acceptors (Lipinski definition) is 2. The van der Waals surface area contributed by atoms with Crippen molar-refractivity contribution < 1.29 is 4.79 Å². The van der Waals surface area contributed by atoms with E-state index in [9.17, 15) is 4.79 Å². The zero-order valence-electron chi connectivity index (χ0n) is 6.48. The van der Waals surface area contributed by atoms with Gasteiger partial charge in [0, 0.05) is 11.3 Å². The van der Waals surface area contributed by atoms with Crippen molar-refractivity contribution in [3.8, 4) is 0 Å². The Bertz CT molecular complexity index is 176. The summed E-state index contributed by atoms with van der Waals surface area (Å²) in [6.07, 6.45) is 2.24. The van der Waals surface area contributed by atoms with E-state index in [1.165, 1.54) is 6.92 Å². The highest BCUT2D eigenvalue weighted by Crippen LogP contribution is 2.05. The summed E-state index contributed by atoms with van der Waals surface area (Å²) in [7, 11) is 0. The van der Waals surface area contributed by atoms with Crippen LogP contribution >= 0.6 is 0 Å². The van der Waals surface area contributed by atoms with Crippen LogP contribution in [0.2, 0.25) is 0 Å². The predicted molar refractivity (Wildman–Crippen MR) is 42.4 cm³/mol. The third kappa shape index (κ3) is 2.49. The number of Topliss-reactive ketones (excluding diaryl/α,β-unsaturated/α-hetero) is 1. The predicted octanol–water partition coefficient (Wildman–Crippen LogP) is 1.38. The van der Waals surface area contributed by atoms with Gasteiger partial charge in [0.1, 0.15) is 0 Å². The molecule has 0 atom stereocenters. The molecule has 2 nitrogen and oxygen atoms in total. The number of rotatable bonds is 3. The van der Waals surface area contributed by atoms with E-state index in [1.54, 1.807) is 13.0 Å². The van der Waals surface area contributed by atoms with Gasteiger partial charge in [-0.25, -0.2) is 0 Å². The molecule has 0 radical (unpaired) electrons. The highest BCUT2D eigenvalue weighted by atomic mass is 16.1. The maximum absolute atomic E-state index is 10.8. The third-order valence-electron chi connectivity index (χ3n) is 1.25. The molecule has 0 aliphatic carbocycles. The van der Waals surface area contributed by atoms with Crippen molar-refractivity contribution in [1.82, 2.24) is 0 Å². The summed E-state index contributed by atoms with van der Waals surface area (Å²) in [5.74, 6) is 0.0277. The molecule has 10 heavy (non-hydrogen) atoms. The minimum Gasteiger partial charge on any atom is -0.402 e. The smallest absolute Gasteiger partial charge is 0.157 e. The lowest BCUT2D eigenvalue weighted by molar-refractivity contribution is -0.113. The molecule has 0 aliphatic rings. The first-order valence-electron chi connectivity index (χ1n) is 3.16. The summed E-state index contributed by atoms with van der Waals surface area (Å²) >= 11 is 0. The monoisotopic (exact) mass is 139 g/mol. The molecule has 0 spiro atoms. The Morgan fingerprint density at radius 2 is 2.10 bits per heavy atom. The zero-order chi connectivity index (χ0) is 8.15. The standard InChI is InChI=1S/C8H13NO/c1-4-5-8(6(2)9)7(3)10/h4H,1,5,9H2,2-3H3/b8-6+. The Labute approximate surface area is 61.4 Å². The summed E-state index contributed by atoms with van der Waals surface area (Å²) < 4.78 is 0. The fourth-order valence-corrected chi connectivity index (χ4v) is 0.727. The van der Waals surface area contributed by atoms with E-state index in [0.717, 1.165) is 0 Å². The number of carbonyl (C=O) groups is 1. The van der Waals surface area contributed by atoms with Crippen molar-refractivity contribution in [2.75, 3.05) is 0 Å². The molecule has 0 aliphatic heterocycles. The second kappa shape index (κ2) is 3.88. The molecule has 0 rings (SSSR count). The number of carbonyl (C=O) groups excluding carboxylic acids is 1. The topological polar surface area (TPSA) is 43.1 Å². The number of ketones is 1. The van der Waals surface area contributed by atoms with Crippen molar-refractivity contribution in [2.45, 2.75) is 20.3 Å². The van der Waals surface area contributed by atoms with Gasteiger partial charge in [-0.05, 0) is 20.3 Å². The van der Waals surface area contributed by atoms with Crippen molar-refractivity contribution in [2.24, 2.45) is 5.73 Å². The van der Waals surface area contributed by atoms with Crippen LogP contribution in [0.5, 0.6) is 0 Å². The first-order chi connectivity index (χ1) is 4.59. The molecule has 0 amide bonds. The van der Waals surface area contributed by atoms with E-state index >= 15 is 0 Å². The van der Waals surface area contributed by atoms with Crippen molar-refractivity contribution in [3.05, 3.63) is 23.9 Å². The lowest BCUT2D eigenvalue weighted by Gasteiger charge is -2.00. The van der Waals surface area contributed by atoms with Crippen molar-refractivity contribution in [3.63, 3.8) is 0 Å². The van der Waals surface area contributed by atoms with E-state index < -0.39 is 0 Å². The van der Waals surface area contributed by atoms with Crippen LogP contribution in [0.3, 0.4) is 0 Å². The van der Waals surface area contributed by atoms with Gasteiger partial charge in [-0.2, -0.15) is 0 Å². The van der Waals surface area contributed by atoms with Crippen LogP contribution < -0.4 is 5.73 Å². The molecule has 0 aromatic carbocycles. The second-order valence-electron chi connectivity index (χ2n) is 2.21. The van der Waals surface area contributed by atoms with Gasteiger partial charge in [0.05, 0.1) is 0 Å². The normalized spacial score (nSPS) is 12.2. The van der Waals surface area contributed by atoms with Gasteiger partial charge in [0.15, 0.2) is 5.78 Å². The Kier molecular flexibility index (Phi) is 3.47. The molecule has 56 valence electrons. The summed E-state index contributed by atoms with van der Waals surface area (Å²) in [6, 6.07) is 0. The van der Waals surface area contributed by atoms with Crippen molar-refractivity contribution >= 4 is 5.78 Å². The third-order valence-corrected chi connectivity index (χ3v) is 1.25. The second-order valence-corrected chi connectivity index (χ2v) is 2.21. The first-order valence-corrected chi connectivity index (χ1v) is 3.16. The van der Waals surface area contributed by atoms with Gasteiger partial charge < -0.3 is 5.73 Å². The number of nitrogens with two attached hydrogens (primary N) is 1. The van der Waals surface area contributed by atoms with Crippen LogP contribution in [0, 0.1) is 0 Å². The highest BCUT2D eigenvalue weighted by molar-refractivity contribution is 5.94. The largest absolute Gasteiger partial charge is 0.402 e. The van der Waals surface area contributed by atoms with E-state index in [-0.39, 0.29) is 5.78 Å². The van der Waals surface area contributed by atoms with E-state index in [0.29, 0.717) is 17.7 Å². The zero-order valence-corrected chi connectivity index (χ0v) is 6.48. The van der Waals surface area contributed by atoms with Gasteiger partial charge in [-0.1, -0.05) is 6.08 Å². The summed E-state index contributed by atoms with van der Waals surface area (Å²) in [4.78, 5) is 10.8. The summed E-state index contributed by atoms with van der Waals surface area (Å²) in [5, 5.41) is 0. The van der Waals surface area contributed by atoms with Gasteiger partial charge in [0.2, 0.25) is 0 Å². The first kappa shape index (κ1) is 8.95. The SMILES string of the molecule is C=CC/C(C(C)=O)=C(/C)N. The molecule has 0 bridgehead atoms. The summed E-state index contributed by atoms with van der Waals surface area (Å²) in [6.45, 7) is 6.75. The average Bonchev–Trinajstić information content (AvgIpc) is 1.81. The minimum atomic E-state index is 0.0277. The molecule has 0 saturated carbocycles. The Hall–Kier alpha value is -1.05. The quantitative estimate of drug-likeness (QED) is 0.474. The molecular formula is C8H13NO. The van der Waals surface area contributed by atoms with Crippen LogP contribution in [0.15, 0.2) is 23.9 Å². The maximum Gasteiger partial charge on any atom is 0.157 e. The van der Waals surface area contributed by atoms with Crippen molar-refractivity contribution in [1.29, 1.82) is 0 Å². The molecule has 0 heterocycles. The molecule has 2 heteroatoms.